The number of carbonyl (C=O) groups excluding carboxylic acids is 1. The number of nitrogens with zero attached hydrogens (tertiary/aromatic N) is 3. The number of rotatable bonds is 6. The van der Waals surface area contributed by atoms with Crippen LogP contribution in [0.1, 0.15) is 23.8 Å². The summed E-state index contributed by atoms with van der Waals surface area (Å²) < 4.78 is 10.4. The highest BCUT2D eigenvalue weighted by molar-refractivity contribution is 5.77. The van der Waals surface area contributed by atoms with Crippen LogP contribution in [-0.4, -0.2) is 46.1 Å². The number of H-pyrrole nitrogens is 1. The number of aromatic nitrogens is 3. The molecule has 1 aromatic carbocycles. The minimum absolute atomic E-state index is 0.00832. The molecular formula is C20H20N4O4. The molecule has 0 unspecified atom stereocenters. The van der Waals surface area contributed by atoms with Gasteiger partial charge in [-0.15, -0.1) is 0 Å². The second-order valence-electron chi connectivity index (χ2n) is 6.71. The van der Waals surface area contributed by atoms with E-state index in [2.05, 4.69) is 15.1 Å². The van der Waals surface area contributed by atoms with Crippen molar-refractivity contribution in [2.24, 2.45) is 0 Å². The first kappa shape index (κ1) is 18.0. The molecule has 1 fully saturated rings. The minimum Gasteiger partial charge on any atom is -0.497 e. The summed E-state index contributed by atoms with van der Waals surface area (Å²) in [6, 6.07) is 11.1. The zero-order valence-electron chi connectivity index (χ0n) is 15.4. The summed E-state index contributed by atoms with van der Waals surface area (Å²) in [7, 11) is 1.63. The number of nitrogens with one attached hydrogen (secondary N) is 1. The predicted molar refractivity (Wildman–Crippen MR) is 101 cm³/mol. The molecule has 144 valence electrons. The topological polar surface area (TPSA) is 101 Å². The molecule has 1 N–H and O–H groups in total. The van der Waals surface area contributed by atoms with Gasteiger partial charge in [0.25, 0.3) is 5.56 Å². The first-order valence-electron chi connectivity index (χ1n) is 9.06. The Morgan fingerprint density at radius 3 is 2.79 bits per heavy atom. The van der Waals surface area contributed by atoms with Gasteiger partial charge in [-0.3, -0.25) is 9.59 Å². The molecule has 1 amide bonds. The molecule has 1 aliphatic heterocycles. The van der Waals surface area contributed by atoms with Crippen molar-refractivity contribution < 1.29 is 14.1 Å². The van der Waals surface area contributed by atoms with E-state index in [9.17, 15) is 9.59 Å². The molecule has 4 rings (SSSR count). The van der Waals surface area contributed by atoms with Crippen molar-refractivity contribution in [3.8, 4) is 17.1 Å². The third kappa shape index (κ3) is 3.66. The molecule has 1 aliphatic rings. The predicted octanol–water partition coefficient (Wildman–Crippen LogP) is 1.99. The van der Waals surface area contributed by atoms with Gasteiger partial charge in [0.05, 0.1) is 18.6 Å². The van der Waals surface area contributed by atoms with E-state index in [1.165, 1.54) is 0 Å². The van der Waals surface area contributed by atoms with Crippen LogP contribution in [0.15, 0.2) is 51.9 Å². The molecule has 0 radical (unpaired) electrons. The van der Waals surface area contributed by atoms with Crippen LogP contribution in [0.4, 0.5) is 0 Å². The summed E-state index contributed by atoms with van der Waals surface area (Å²) in [4.78, 5) is 32.9. The van der Waals surface area contributed by atoms with Crippen molar-refractivity contribution in [2.75, 3.05) is 20.2 Å². The summed E-state index contributed by atoms with van der Waals surface area (Å²) in [5.74, 6) is 1.64. The summed E-state index contributed by atoms with van der Waals surface area (Å²) in [5, 5.41) is 3.89. The van der Waals surface area contributed by atoms with E-state index in [0.29, 0.717) is 37.4 Å². The summed E-state index contributed by atoms with van der Waals surface area (Å²) >= 11 is 0. The molecule has 0 spiro atoms. The number of ether oxygens (including phenoxy) is 1. The number of likely N-dealkylation sites (tertiary alicyclic amines) is 1. The van der Waals surface area contributed by atoms with Crippen molar-refractivity contribution in [1.29, 1.82) is 0 Å². The maximum absolute atomic E-state index is 12.4. The van der Waals surface area contributed by atoms with Crippen LogP contribution in [-0.2, 0) is 11.2 Å². The number of aryl methyl sites for hydroxylation is 1. The molecule has 3 aromatic rings. The highest BCUT2D eigenvalue weighted by atomic mass is 16.5. The summed E-state index contributed by atoms with van der Waals surface area (Å²) in [5.41, 5.74) is 1.20. The SMILES string of the molecule is COc1ccc(CCC(=O)N2CC(c3nc(-c4ccc[nH]c4=O)no3)C2)cc1. The second-order valence-corrected chi connectivity index (χ2v) is 6.71. The van der Waals surface area contributed by atoms with Gasteiger partial charge in [-0.05, 0) is 36.2 Å². The molecule has 8 nitrogen and oxygen atoms in total. The van der Waals surface area contributed by atoms with Crippen LogP contribution in [0.2, 0.25) is 0 Å². The van der Waals surface area contributed by atoms with E-state index in [1.54, 1.807) is 30.3 Å². The number of pyridine rings is 1. The Morgan fingerprint density at radius 1 is 1.29 bits per heavy atom. The van der Waals surface area contributed by atoms with Gasteiger partial charge >= 0.3 is 0 Å². The number of aromatic amines is 1. The van der Waals surface area contributed by atoms with E-state index < -0.39 is 0 Å². The van der Waals surface area contributed by atoms with Crippen LogP contribution in [0.3, 0.4) is 0 Å². The Balaban J connectivity index is 1.30. The first-order chi connectivity index (χ1) is 13.6. The van der Waals surface area contributed by atoms with E-state index in [4.69, 9.17) is 9.26 Å². The van der Waals surface area contributed by atoms with Gasteiger partial charge in [-0.25, -0.2) is 0 Å². The summed E-state index contributed by atoms with van der Waals surface area (Å²) in [6.45, 7) is 1.10. The normalized spacial score (nSPS) is 14.0. The Labute approximate surface area is 161 Å². The zero-order valence-corrected chi connectivity index (χ0v) is 15.4. The zero-order chi connectivity index (χ0) is 19.5. The van der Waals surface area contributed by atoms with E-state index in [0.717, 1.165) is 11.3 Å². The van der Waals surface area contributed by atoms with Gasteiger partial charge < -0.3 is 19.1 Å². The molecule has 8 heteroatoms. The van der Waals surface area contributed by atoms with Crippen LogP contribution in [0.25, 0.3) is 11.4 Å². The highest BCUT2D eigenvalue weighted by Gasteiger charge is 2.35. The third-order valence-corrected chi connectivity index (χ3v) is 4.87. The number of carbonyl (C=O) groups is 1. The molecule has 3 heterocycles. The quantitative estimate of drug-likeness (QED) is 0.702. The van der Waals surface area contributed by atoms with Crippen molar-refractivity contribution >= 4 is 5.91 Å². The average molecular weight is 380 g/mol. The van der Waals surface area contributed by atoms with Crippen molar-refractivity contribution in [2.45, 2.75) is 18.8 Å². The highest BCUT2D eigenvalue weighted by Crippen LogP contribution is 2.27. The van der Waals surface area contributed by atoms with Crippen molar-refractivity contribution in [3.63, 3.8) is 0 Å². The smallest absolute Gasteiger partial charge is 0.259 e. The van der Waals surface area contributed by atoms with Gasteiger partial charge in [0, 0.05) is 25.7 Å². The van der Waals surface area contributed by atoms with Crippen molar-refractivity contribution in [1.82, 2.24) is 20.0 Å². The summed E-state index contributed by atoms with van der Waals surface area (Å²) in [6.07, 6.45) is 2.69. The second kappa shape index (κ2) is 7.67. The van der Waals surface area contributed by atoms with Crippen LogP contribution in [0.5, 0.6) is 5.75 Å². The van der Waals surface area contributed by atoms with Gasteiger partial charge in [0.2, 0.25) is 17.6 Å². The Kier molecular flexibility index (Phi) is 4.92. The van der Waals surface area contributed by atoms with Crippen LogP contribution in [0, 0.1) is 0 Å². The molecule has 0 bridgehead atoms. The van der Waals surface area contributed by atoms with Gasteiger partial charge in [-0.1, -0.05) is 17.3 Å². The van der Waals surface area contributed by atoms with Crippen LogP contribution < -0.4 is 10.3 Å². The fourth-order valence-electron chi connectivity index (χ4n) is 3.15. The fourth-order valence-corrected chi connectivity index (χ4v) is 3.15. The van der Waals surface area contributed by atoms with E-state index >= 15 is 0 Å². The van der Waals surface area contributed by atoms with Gasteiger partial charge in [-0.2, -0.15) is 4.98 Å². The van der Waals surface area contributed by atoms with E-state index in [1.807, 2.05) is 24.3 Å². The standard InChI is InChI=1S/C20H20N4O4/c1-27-15-7-4-13(5-8-15)6-9-17(25)24-11-14(12-24)20-22-18(23-28-20)16-3-2-10-21-19(16)26/h2-5,7-8,10,14H,6,9,11-12H2,1H3,(H,21,26). The third-order valence-electron chi connectivity index (χ3n) is 4.87. The Hall–Kier alpha value is -3.42. The minimum atomic E-state index is -0.265. The molecule has 2 aromatic heterocycles. The maximum atomic E-state index is 12.4. The van der Waals surface area contributed by atoms with Crippen LogP contribution >= 0.6 is 0 Å². The largest absolute Gasteiger partial charge is 0.497 e. The lowest BCUT2D eigenvalue weighted by Gasteiger charge is -2.37. The number of amides is 1. The lowest BCUT2D eigenvalue weighted by molar-refractivity contribution is -0.135. The lowest BCUT2D eigenvalue weighted by Crippen LogP contribution is -2.48. The lowest BCUT2D eigenvalue weighted by atomic mass is 9.99. The number of benzene rings is 1. The maximum Gasteiger partial charge on any atom is 0.259 e. The molecule has 28 heavy (non-hydrogen) atoms. The van der Waals surface area contributed by atoms with E-state index in [-0.39, 0.29) is 23.2 Å². The number of hydrogen-bond acceptors (Lipinski definition) is 6. The Bertz CT molecular complexity index is 1020. The molecule has 1 saturated heterocycles. The number of methoxy groups -OCH3 is 1. The van der Waals surface area contributed by atoms with Crippen molar-refractivity contribution in [3.05, 3.63) is 64.4 Å². The first-order valence-corrected chi connectivity index (χ1v) is 9.06. The molecule has 0 atom stereocenters. The monoisotopic (exact) mass is 380 g/mol. The molecule has 0 aliphatic carbocycles. The molecular weight excluding hydrogens is 360 g/mol. The molecule has 0 saturated carbocycles. The average Bonchev–Trinajstić information content (AvgIpc) is 3.15. The fraction of sp³-hybridized carbons (Fsp3) is 0.300. The Morgan fingerprint density at radius 2 is 2.07 bits per heavy atom. The van der Waals surface area contributed by atoms with Gasteiger partial charge in [0.15, 0.2) is 0 Å². The number of hydrogen-bond donors (Lipinski definition) is 1. The van der Waals surface area contributed by atoms with Gasteiger partial charge in [0.1, 0.15) is 5.75 Å².